The zero-order valence-electron chi connectivity index (χ0n) is 20.8. The predicted molar refractivity (Wildman–Crippen MR) is 147 cm³/mol. The second-order valence-corrected chi connectivity index (χ2v) is 9.10. The quantitative estimate of drug-likeness (QED) is 0.344. The lowest BCUT2D eigenvalue weighted by Crippen LogP contribution is -2.43. The third-order valence-electron chi connectivity index (χ3n) is 6.83. The fraction of sp³-hybridized carbons (Fsp3) is 0.214. The van der Waals surface area contributed by atoms with E-state index < -0.39 is 0 Å². The number of carbonyl (C=O) groups excluding carboxylic acids is 1. The molecule has 0 atom stereocenters. The van der Waals surface area contributed by atoms with Crippen LogP contribution in [-0.4, -0.2) is 58.5 Å². The Morgan fingerprint density at radius 3 is 2.46 bits per heavy atom. The van der Waals surface area contributed by atoms with Crippen LogP contribution in [0.4, 0.5) is 17.3 Å². The van der Waals surface area contributed by atoms with E-state index >= 15 is 0 Å². The summed E-state index contributed by atoms with van der Waals surface area (Å²) < 4.78 is 1.88. The number of hydrogen-bond acceptors (Lipinski definition) is 7. The molecule has 9 heteroatoms. The number of fused-ring (bicyclic) bond motifs is 3. The minimum atomic E-state index is -0.193. The van der Waals surface area contributed by atoms with Gasteiger partial charge in [0.2, 0.25) is 5.95 Å². The summed E-state index contributed by atoms with van der Waals surface area (Å²) in [5.74, 6) is 0.284. The summed E-state index contributed by atoms with van der Waals surface area (Å²) in [5.41, 5.74) is 6.41. The van der Waals surface area contributed by atoms with Crippen LogP contribution in [0.25, 0.3) is 27.9 Å². The molecule has 37 heavy (non-hydrogen) atoms. The van der Waals surface area contributed by atoms with Gasteiger partial charge in [-0.3, -0.25) is 9.20 Å². The third kappa shape index (κ3) is 4.23. The Bertz CT molecular complexity index is 1590. The zero-order valence-corrected chi connectivity index (χ0v) is 20.8. The zero-order chi connectivity index (χ0) is 25.4. The van der Waals surface area contributed by atoms with Crippen molar-refractivity contribution in [2.45, 2.75) is 6.92 Å². The molecule has 3 aromatic heterocycles. The topological polar surface area (TPSA) is 99.5 Å². The number of benzene rings is 2. The number of rotatable bonds is 5. The van der Waals surface area contributed by atoms with Gasteiger partial charge >= 0.3 is 0 Å². The fourth-order valence-corrected chi connectivity index (χ4v) is 4.85. The average Bonchev–Trinajstić information content (AvgIpc) is 3.40. The largest absolute Gasteiger partial charge is 0.369 e. The first-order valence-electron chi connectivity index (χ1n) is 12.4. The molecule has 0 spiro atoms. The van der Waals surface area contributed by atoms with Gasteiger partial charge < -0.3 is 20.9 Å². The summed E-state index contributed by atoms with van der Waals surface area (Å²) in [7, 11) is 1.63. The Kier molecular flexibility index (Phi) is 5.90. The van der Waals surface area contributed by atoms with E-state index in [1.54, 1.807) is 13.2 Å². The van der Waals surface area contributed by atoms with E-state index in [9.17, 15) is 4.79 Å². The van der Waals surface area contributed by atoms with Crippen molar-refractivity contribution in [3.63, 3.8) is 0 Å². The van der Waals surface area contributed by atoms with Gasteiger partial charge in [-0.15, -0.1) is 0 Å². The molecule has 4 heterocycles. The smallest absolute Gasteiger partial charge is 0.255 e. The van der Waals surface area contributed by atoms with Crippen molar-refractivity contribution in [3.8, 4) is 11.3 Å². The van der Waals surface area contributed by atoms with Gasteiger partial charge in [0.15, 0.2) is 11.3 Å². The summed E-state index contributed by atoms with van der Waals surface area (Å²) in [6, 6.07) is 18.3. The van der Waals surface area contributed by atoms with Crippen molar-refractivity contribution in [1.29, 1.82) is 0 Å². The molecule has 186 valence electrons. The highest BCUT2D eigenvalue weighted by molar-refractivity contribution is 6.05. The van der Waals surface area contributed by atoms with Crippen LogP contribution in [0.1, 0.15) is 15.9 Å². The highest BCUT2D eigenvalue weighted by Crippen LogP contribution is 2.29. The summed E-state index contributed by atoms with van der Waals surface area (Å²) in [5, 5.41) is 10.3. The molecule has 0 saturated carbocycles. The molecule has 0 unspecified atom stereocenters. The van der Waals surface area contributed by atoms with Gasteiger partial charge in [0.1, 0.15) is 0 Å². The fourth-order valence-electron chi connectivity index (χ4n) is 4.85. The first-order chi connectivity index (χ1) is 18.1. The van der Waals surface area contributed by atoms with Crippen molar-refractivity contribution < 1.29 is 4.79 Å². The number of amides is 1. The average molecular weight is 493 g/mol. The second kappa shape index (κ2) is 9.51. The minimum Gasteiger partial charge on any atom is -0.369 e. The Balaban J connectivity index is 1.41. The maximum atomic E-state index is 12.9. The Morgan fingerprint density at radius 2 is 1.73 bits per heavy atom. The van der Waals surface area contributed by atoms with Crippen molar-refractivity contribution in [2.24, 2.45) is 0 Å². The molecule has 6 rings (SSSR count). The molecule has 0 radical (unpaired) electrons. The van der Waals surface area contributed by atoms with Gasteiger partial charge in [-0.1, -0.05) is 30.3 Å². The van der Waals surface area contributed by atoms with Crippen LogP contribution < -0.4 is 20.9 Å². The van der Waals surface area contributed by atoms with E-state index in [1.807, 2.05) is 60.0 Å². The lowest BCUT2D eigenvalue weighted by atomic mass is 10.1. The number of pyridine rings is 1. The van der Waals surface area contributed by atoms with E-state index in [0.29, 0.717) is 22.8 Å². The molecular formula is C28H28N8O. The van der Waals surface area contributed by atoms with Crippen molar-refractivity contribution in [1.82, 2.24) is 30.0 Å². The van der Waals surface area contributed by atoms with E-state index in [1.165, 1.54) is 5.69 Å². The van der Waals surface area contributed by atoms with Crippen molar-refractivity contribution in [2.75, 3.05) is 43.4 Å². The molecule has 1 fully saturated rings. The molecule has 2 aromatic carbocycles. The SMILES string of the molecule is CNC(=O)c1c(C)c2cnc(Nc3ccc(N4CCNCC4)cc3)nc2n2cc(-c3ccccc3)nc12. The Labute approximate surface area is 214 Å². The monoisotopic (exact) mass is 492 g/mol. The second-order valence-electron chi connectivity index (χ2n) is 9.10. The Hall–Kier alpha value is -4.50. The Morgan fingerprint density at radius 1 is 0.973 bits per heavy atom. The minimum absolute atomic E-state index is 0.193. The normalized spacial score (nSPS) is 13.7. The van der Waals surface area contributed by atoms with E-state index in [0.717, 1.165) is 54.1 Å². The summed E-state index contributed by atoms with van der Waals surface area (Å²) in [6.45, 7) is 5.92. The summed E-state index contributed by atoms with van der Waals surface area (Å²) >= 11 is 0. The molecule has 5 aromatic rings. The van der Waals surface area contributed by atoms with Crippen molar-refractivity contribution >= 4 is 39.9 Å². The van der Waals surface area contributed by atoms with Crippen LogP contribution in [0, 0.1) is 6.92 Å². The number of carbonyl (C=O) groups is 1. The molecule has 3 N–H and O–H groups in total. The number of aromatic nitrogens is 4. The number of nitrogens with one attached hydrogen (secondary N) is 3. The highest BCUT2D eigenvalue weighted by Gasteiger charge is 2.21. The van der Waals surface area contributed by atoms with Gasteiger partial charge in [0.25, 0.3) is 5.91 Å². The first-order valence-corrected chi connectivity index (χ1v) is 12.4. The van der Waals surface area contributed by atoms with Gasteiger partial charge in [0.05, 0.1) is 11.3 Å². The van der Waals surface area contributed by atoms with E-state index in [4.69, 9.17) is 9.97 Å². The number of nitrogens with zero attached hydrogens (tertiary/aromatic N) is 5. The van der Waals surface area contributed by atoms with Gasteiger partial charge in [-0.2, -0.15) is 4.98 Å². The molecule has 1 saturated heterocycles. The summed E-state index contributed by atoms with van der Waals surface area (Å²) in [6.07, 6.45) is 3.70. The van der Waals surface area contributed by atoms with Gasteiger partial charge in [-0.25, -0.2) is 9.97 Å². The first kappa shape index (κ1) is 22.9. The molecule has 0 bridgehead atoms. The van der Waals surface area contributed by atoms with Gasteiger partial charge in [0, 0.05) is 67.9 Å². The lowest BCUT2D eigenvalue weighted by molar-refractivity contribution is 0.0964. The van der Waals surface area contributed by atoms with Crippen LogP contribution in [0.5, 0.6) is 0 Å². The van der Waals surface area contributed by atoms with Crippen LogP contribution in [0.3, 0.4) is 0 Å². The van der Waals surface area contributed by atoms with Crippen LogP contribution in [-0.2, 0) is 0 Å². The third-order valence-corrected chi connectivity index (χ3v) is 6.83. The molecule has 1 aliphatic heterocycles. The number of anilines is 3. The standard InChI is InChI=1S/C28H28N8O/c1-18-22-16-31-28(32-20-8-10-21(11-9-20)35-14-12-30-13-15-35)34-25(22)36-17-23(19-6-4-3-5-7-19)33-26(36)24(18)27(37)29-2/h3-11,16-17,30H,12-15H2,1-2H3,(H,29,37)(H,31,32,34). The van der Waals surface area contributed by atoms with Crippen LogP contribution >= 0.6 is 0 Å². The number of hydrogen-bond donors (Lipinski definition) is 3. The molecule has 0 aliphatic carbocycles. The van der Waals surface area contributed by atoms with Gasteiger partial charge in [-0.05, 0) is 36.8 Å². The van der Waals surface area contributed by atoms with Crippen LogP contribution in [0.15, 0.2) is 67.0 Å². The van der Waals surface area contributed by atoms with E-state index in [-0.39, 0.29) is 5.91 Å². The molecular weight excluding hydrogens is 464 g/mol. The predicted octanol–water partition coefficient (Wildman–Crippen LogP) is 3.77. The maximum absolute atomic E-state index is 12.9. The molecule has 1 aliphatic rings. The van der Waals surface area contributed by atoms with E-state index in [2.05, 4.69) is 38.0 Å². The number of piperazine rings is 1. The summed E-state index contributed by atoms with van der Waals surface area (Å²) in [4.78, 5) is 29.5. The maximum Gasteiger partial charge on any atom is 0.255 e. The lowest BCUT2D eigenvalue weighted by Gasteiger charge is -2.29. The number of aryl methyl sites for hydroxylation is 1. The van der Waals surface area contributed by atoms with Crippen molar-refractivity contribution in [3.05, 3.63) is 78.1 Å². The molecule has 9 nitrogen and oxygen atoms in total. The van der Waals surface area contributed by atoms with Crippen LogP contribution in [0.2, 0.25) is 0 Å². The number of imidazole rings is 1. The molecule has 1 amide bonds. The highest BCUT2D eigenvalue weighted by atomic mass is 16.1.